The fourth-order valence-corrected chi connectivity index (χ4v) is 2.72. The van der Waals surface area contributed by atoms with Crippen LogP contribution in [0.2, 0.25) is 0 Å². The molecule has 0 radical (unpaired) electrons. The van der Waals surface area contributed by atoms with Crippen molar-refractivity contribution in [2.45, 2.75) is 6.18 Å². The maximum Gasteiger partial charge on any atom is 0.416 e. The fourth-order valence-electron chi connectivity index (χ4n) is 2.72. The van der Waals surface area contributed by atoms with Crippen LogP contribution in [0.3, 0.4) is 0 Å². The Balaban J connectivity index is 1.43. The summed E-state index contributed by atoms with van der Waals surface area (Å²) in [7, 11) is 0. The Morgan fingerprint density at radius 1 is 1.14 bits per heavy atom. The quantitative estimate of drug-likeness (QED) is 0.634. The monoisotopic (exact) mass is 410 g/mol. The summed E-state index contributed by atoms with van der Waals surface area (Å²) in [5, 5.41) is 8.03. The fraction of sp³-hybridized carbons (Fsp3) is 0.389. The topological polar surface area (TPSA) is 91.4 Å². The molecule has 8 nitrogen and oxygen atoms in total. The van der Waals surface area contributed by atoms with E-state index in [0.29, 0.717) is 25.6 Å². The summed E-state index contributed by atoms with van der Waals surface area (Å²) in [4.78, 5) is 22.4. The Bertz CT molecular complexity index is 827. The van der Waals surface area contributed by atoms with Crippen molar-refractivity contribution < 1.29 is 22.7 Å². The van der Waals surface area contributed by atoms with Crippen LogP contribution in [-0.4, -0.2) is 55.4 Å². The second-order valence-electron chi connectivity index (χ2n) is 6.25. The maximum absolute atomic E-state index is 12.7. The number of hydrogen-bond acceptors (Lipinski definition) is 6. The number of benzene rings is 1. The highest BCUT2D eigenvalue weighted by Gasteiger charge is 2.30. The number of anilines is 3. The van der Waals surface area contributed by atoms with Crippen molar-refractivity contribution in [2.24, 2.45) is 0 Å². The molecule has 1 saturated heterocycles. The van der Waals surface area contributed by atoms with E-state index in [1.54, 1.807) is 0 Å². The average Bonchev–Trinajstić information content (AvgIpc) is 2.72. The van der Waals surface area contributed by atoms with E-state index < -0.39 is 17.8 Å². The van der Waals surface area contributed by atoms with Crippen LogP contribution in [-0.2, 0) is 10.9 Å². The molecule has 0 spiro atoms. The molecule has 0 atom stereocenters. The van der Waals surface area contributed by atoms with Gasteiger partial charge >= 0.3 is 12.2 Å². The third kappa shape index (κ3) is 6.21. The Labute approximate surface area is 165 Å². The van der Waals surface area contributed by atoms with Gasteiger partial charge in [0.2, 0.25) is 0 Å². The zero-order valence-corrected chi connectivity index (χ0v) is 15.5. The third-order valence-electron chi connectivity index (χ3n) is 4.15. The van der Waals surface area contributed by atoms with Gasteiger partial charge in [-0.25, -0.2) is 14.8 Å². The van der Waals surface area contributed by atoms with Crippen LogP contribution in [0.4, 0.5) is 35.3 Å². The second kappa shape index (κ2) is 9.41. The normalized spacial score (nSPS) is 14.4. The SMILES string of the molecule is O=C(NCCNc1cc(N2CCOCC2)ncn1)Nc1cccc(C(F)(F)F)c1. The molecular weight excluding hydrogens is 389 g/mol. The molecule has 2 heterocycles. The van der Waals surface area contributed by atoms with E-state index in [0.717, 1.165) is 31.0 Å². The highest BCUT2D eigenvalue weighted by molar-refractivity contribution is 5.89. The molecule has 156 valence electrons. The summed E-state index contributed by atoms with van der Waals surface area (Å²) in [6.07, 6.45) is -3.00. The minimum absolute atomic E-state index is 0.0660. The number of aromatic nitrogens is 2. The molecule has 2 amide bonds. The van der Waals surface area contributed by atoms with Crippen LogP contribution in [0, 0.1) is 0 Å². The first kappa shape index (κ1) is 20.6. The van der Waals surface area contributed by atoms with Crippen molar-refractivity contribution in [3.8, 4) is 0 Å². The Kier molecular flexibility index (Phi) is 6.70. The summed E-state index contributed by atoms with van der Waals surface area (Å²) >= 11 is 0. The Morgan fingerprint density at radius 2 is 1.93 bits per heavy atom. The third-order valence-corrected chi connectivity index (χ3v) is 4.15. The number of amides is 2. The Morgan fingerprint density at radius 3 is 2.69 bits per heavy atom. The number of hydrogen-bond donors (Lipinski definition) is 3. The molecule has 0 saturated carbocycles. The van der Waals surface area contributed by atoms with Crippen molar-refractivity contribution in [1.29, 1.82) is 0 Å². The zero-order valence-electron chi connectivity index (χ0n) is 15.5. The van der Waals surface area contributed by atoms with E-state index in [1.165, 1.54) is 18.5 Å². The molecule has 11 heteroatoms. The lowest BCUT2D eigenvalue weighted by molar-refractivity contribution is -0.137. The maximum atomic E-state index is 12.7. The lowest BCUT2D eigenvalue weighted by atomic mass is 10.2. The standard InChI is InChI=1S/C18H21F3N6O2/c19-18(20,21)13-2-1-3-14(10-13)26-17(28)23-5-4-22-15-11-16(25-12-24-15)27-6-8-29-9-7-27/h1-3,10-12H,4-9H2,(H,22,24,25)(H2,23,26,28). The number of morpholine rings is 1. The number of carbonyl (C=O) groups excluding carboxylic acids is 1. The molecule has 0 bridgehead atoms. The number of halogens is 3. The van der Waals surface area contributed by atoms with Crippen molar-refractivity contribution in [1.82, 2.24) is 15.3 Å². The van der Waals surface area contributed by atoms with E-state index in [2.05, 4.69) is 30.8 Å². The first-order valence-corrected chi connectivity index (χ1v) is 9.02. The van der Waals surface area contributed by atoms with Gasteiger partial charge in [0, 0.05) is 37.9 Å². The van der Waals surface area contributed by atoms with E-state index in [9.17, 15) is 18.0 Å². The minimum Gasteiger partial charge on any atom is -0.378 e. The first-order chi connectivity index (χ1) is 13.9. The molecule has 1 aromatic heterocycles. The van der Waals surface area contributed by atoms with Crippen LogP contribution in [0.15, 0.2) is 36.7 Å². The van der Waals surface area contributed by atoms with E-state index in [-0.39, 0.29) is 12.2 Å². The van der Waals surface area contributed by atoms with Crippen LogP contribution in [0.1, 0.15) is 5.56 Å². The summed E-state index contributed by atoms with van der Waals surface area (Å²) in [5.41, 5.74) is -0.756. The first-order valence-electron chi connectivity index (χ1n) is 9.02. The van der Waals surface area contributed by atoms with Gasteiger partial charge in [0.15, 0.2) is 0 Å². The van der Waals surface area contributed by atoms with Gasteiger partial charge in [-0.05, 0) is 18.2 Å². The number of nitrogens with zero attached hydrogens (tertiary/aromatic N) is 3. The van der Waals surface area contributed by atoms with E-state index >= 15 is 0 Å². The lowest BCUT2D eigenvalue weighted by Crippen LogP contribution is -2.36. The van der Waals surface area contributed by atoms with E-state index in [1.807, 2.05) is 6.07 Å². The van der Waals surface area contributed by atoms with Crippen molar-refractivity contribution in [3.63, 3.8) is 0 Å². The van der Waals surface area contributed by atoms with Gasteiger partial charge in [-0.15, -0.1) is 0 Å². The van der Waals surface area contributed by atoms with Crippen LogP contribution in [0.5, 0.6) is 0 Å². The summed E-state index contributed by atoms with van der Waals surface area (Å²) in [6, 6.07) is 5.67. The smallest absolute Gasteiger partial charge is 0.378 e. The summed E-state index contributed by atoms with van der Waals surface area (Å²) < 4.78 is 43.4. The largest absolute Gasteiger partial charge is 0.416 e. The number of rotatable bonds is 6. The number of nitrogens with one attached hydrogen (secondary N) is 3. The Hall–Kier alpha value is -3.08. The van der Waals surface area contributed by atoms with Gasteiger partial charge in [-0.1, -0.05) is 6.07 Å². The molecule has 1 aromatic carbocycles. The highest BCUT2D eigenvalue weighted by Crippen LogP contribution is 2.30. The molecule has 3 N–H and O–H groups in total. The van der Waals surface area contributed by atoms with Crippen LogP contribution in [0.25, 0.3) is 0 Å². The molecule has 1 aliphatic rings. The number of ether oxygens (including phenoxy) is 1. The minimum atomic E-state index is -4.46. The number of alkyl halides is 3. The van der Waals surface area contributed by atoms with Gasteiger partial charge in [0.05, 0.1) is 18.8 Å². The molecule has 1 fully saturated rings. The summed E-state index contributed by atoms with van der Waals surface area (Å²) in [5.74, 6) is 1.41. The molecule has 29 heavy (non-hydrogen) atoms. The highest BCUT2D eigenvalue weighted by atomic mass is 19.4. The van der Waals surface area contributed by atoms with Crippen LogP contribution >= 0.6 is 0 Å². The molecule has 1 aliphatic heterocycles. The molecule has 0 unspecified atom stereocenters. The van der Waals surface area contributed by atoms with Gasteiger partial charge < -0.3 is 25.6 Å². The van der Waals surface area contributed by atoms with Gasteiger partial charge in [0.1, 0.15) is 18.0 Å². The number of carbonyl (C=O) groups is 1. The van der Waals surface area contributed by atoms with Crippen molar-refractivity contribution in [2.75, 3.05) is 54.9 Å². The summed E-state index contributed by atoms with van der Waals surface area (Å²) in [6.45, 7) is 3.45. The van der Waals surface area contributed by atoms with Crippen molar-refractivity contribution >= 4 is 23.4 Å². The second-order valence-corrected chi connectivity index (χ2v) is 6.25. The molecular formula is C18H21F3N6O2. The molecule has 3 rings (SSSR count). The van der Waals surface area contributed by atoms with Gasteiger partial charge in [-0.3, -0.25) is 0 Å². The molecule has 2 aromatic rings. The molecule has 0 aliphatic carbocycles. The van der Waals surface area contributed by atoms with Gasteiger partial charge in [-0.2, -0.15) is 13.2 Å². The zero-order chi connectivity index (χ0) is 20.7. The van der Waals surface area contributed by atoms with Crippen LogP contribution < -0.4 is 20.9 Å². The van der Waals surface area contributed by atoms with Crippen molar-refractivity contribution in [3.05, 3.63) is 42.2 Å². The number of urea groups is 1. The predicted octanol–water partition coefficient (Wildman–Crippen LogP) is 2.57. The average molecular weight is 410 g/mol. The lowest BCUT2D eigenvalue weighted by Gasteiger charge is -2.27. The van der Waals surface area contributed by atoms with E-state index in [4.69, 9.17) is 4.74 Å². The van der Waals surface area contributed by atoms with Gasteiger partial charge in [0.25, 0.3) is 0 Å². The predicted molar refractivity (Wildman–Crippen MR) is 102 cm³/mol.